The summed E-state index contributed by atoms with van der Waals surface area (Å²) in [6, 6.07) is 0. The van der Waals surface area contributed by atoms with Gasteiger partial charge in [0.1, 0.15) is 0 Å². The van der Waals surface area contributed by atoms with E-state index in [0.29, 0.717) is 0 Å². The van der Waals surface area contributed by atoms with E-state index < -0.39 is 41.5 Å². The Morgan fingerprint density at radius 3 is 2.74 bits per heavy atom. The van der Waals surface area contributed by atoms with Gasteiger partial charge >= 0.3 is 12.1 Å². The molecule has 1 amide bonds. The third kappa shape index (κ3) is 3.13. The van der Waals surface area contributed by atoms with Gasteiger partial charge in [-0.15, -0.1) is 0 Å². The third-order valence-corrected chi connectivity index (χ3v) is 3.06. The molecule has 1 aromatic heterocycles. The molecule has 1 unspecified atom stereocenters. The molecule has 13 heteroatoms. The van der Waals surface area contributed by atoms with Gasteiger partial charge in [0.2, 0.25) is 12.2 Å². The first-order valence-corrected chi connectivity index (χ1v) is 6.24. The van der Waals surface area contributed by atoms with Gasteiger partial charge in [-0.05, 0) is 11.8 Å². The Hall–Kier alpha value is -2.57. The van der Waals surface area contributed by atoms with Gasteiger partial charge in [0.05, 0.1) is 6.54 Å². The fraction of sp³-hybridized carbons (Fsp3) is 0.600. The Kier molecular flexibility index (Phi) is 4.07. The third-order valence-electron chi connectivity index (χ3n) is 3.06. The van der Waals surface area contributed by atoms with Crippen molar-refractivity contribution in [2.75, 3.05) is 0 Å². The molecule has 126 valence electrons. The molecule has 1 aromatic rings. The average molecular weight is 336 g/mol. The van der Waals surface area contributed by atoms with Gasteiger partial charge in [-0.2, -0.15) is 28.0 Å². The molecule has 0 spiro atoms. The van der Waals surface area contributed by atoms with Crippen molar-refractivity contribution in [2.45, 2.75) is 38.2 Å². The molecule has 2 heterocycles. The molecule has 1 aliphatic rings. The van der Waals surface area contributed by atoms with Crippen molar-refractivity contribution < 1.29 is 28.0 Å². The SMILES string of the molecule is CC1=NN(C(=O)CCn2cnc([N+](=O)[O-])n2)C(O)(C(F)(F)F)C1. The number of hydrazone groups is 1. The standard InChI is InChI=1S/C10H11F3N6O4/c1-6-4-9(21,10(11,12)13)18(15-6)7(20)2-3-17-5-14-8(16-17)19(22)23/h5,21H,2-4H2,1H3. The number of nitrogens with zero attached hydrogens (tertiary/aromatic N) is 6. The molecule has 0 saturated carbocycles. The molecule has 0 saturated heterocycles. The Balaban J connectivity index is 2.08. The van der Waals surface area contributed by atoms with E-state index in [1.54, 1.807) is 0 Å². The number of carbonyl (C=O) groups is 1. The fourth-order valence-electron chi connectivity index (χ4n) is 2.00. The van der Waals surface area contributed by atoms with Gasteiger partial charge in [-0.25, -0.2) is 0 Å². The van der Waals surface area contributed by atoms with Crippen molar-refractivity contribution in [1.29, 1.82) is 0 Å². The summed E-state index contributed by atoms with van der Waals surface area (Å²) in [5.74, 6) is -1.79. The second kappa shape index (κ2) is 5.57. The number of aryl methyl sites for hydroxylation is 1. The highest BCUT2D eigenvalue weighted by molar-refractivity contribution is 5.89. The summed E-state index contributed by atoms with van der Waals surface area (Å²) in [4.78, 5) is 24.8. The number of aromatic nitrogens is 3. The van der Waals surface area contributed by atoms with E-state index in [0.717, 1.165) is 11.0 Å². The van der Waals surface area contributed by atoms with Crippen molar-refractivity contribution >= 4 is 17.6 Å². The lowest BCUT2D eigenvalue weighted by molar-refractivity contribution is -0.394. The van der Waals surface area contributed by atoms with Gasteiger partial charge in [0, 0.05) is 23.7 Å². The first kappa shape index (κ1) is 16.8. The Morgan fingerprint density at radius 2 is 2.22 bits per heavy atom. The van der Waals surface area contributed by atoms with Crippen LogP contribution in [-0.2, 0) is 11.3 Å². The van der Waals surface area contributed by atoms with Crippen LogP contribution in [0.3, 0.4) is 0 Å². The molecule has 10 nitrogen and oxygen atoms in total. The van der Waals surface area contributed by atoms with Crippen LogP contribution in [0.25, 0.3) is 0 Å². The predicted molar refractivity (Wildman–Crippen MR) is 66.9 cm³/mol. The Labute approximate surface area is 126 Å². The van der Waals surface area contributed by atoms with Gasteiger partial charge < -0.3 is 15.2 Å². The Bertz CT molecular complexity index is 672. The largest absolute Gasteiger partial charge is 0.490 e. The summed E-state index contributed by atoms with van der Waals surface area (Å²) < 4.78 is 39.8. The topological polar surface area (TPSA) is 127 Å². The average Bonchev–Trinajstić information content (AvgIpc) is 3.00. The summed E-state index contributed by atoms with van der Waals surface area (Å²) in [7, 11) is 0. The quantitative estimate of drug-likeness (QED) is 0.628. The van der Waals surface area contributed by atoms with Gasteiger partial charge in [0.15, 0.2) is 0 Å². The minimum atomic E-state index is -5.07. The zero-order valence-electron chi connectivity index (χ0n) is 11.7. The zero-order valence-corrected chi connectivity index (χ0v) is 11.7. The molecule has 0 fully saturated rings. The first-order valence-electron chi connectivity index (χ1n) is 6.24. The van der Waals surface area contributed by atoms with Crippen molar-refractivity contribution in [1.82, 2.24) is 19.8 Å². The van der Waals surface area contributed by atoms with Crippen LogP contribution in [0.1, 0.15) is 19.8 Å². The second-order valence-corrected chi connectivity index (χ2v) is 4.85. The molecular weight excluding hydrogens is 325 g/mol. The highest BCUT2D eigenvalue weighted by Gasteiger charge is 2.62. The monoisotopic (exact) mass is 336 g/mol. The number of nitro groups is 1. The summed E-state index contributed by atoms with van der Waals surface area (Å²) in [5.41, 5.74) is -3.43. The van der Waals surface area contributed by atoms with Gasteiger partial charge in [-0.3, -0.25) is 4.79 Å². The van der Waals surface area contributed by atoms with Gasteiger partial charge in [-0.1, -0.05) is 4.98 Å². The van der Waals surface area contributed by atoms with E-state index >= 15 is 0 Å². The summed E-state index contributed by atoms with van der Waals surface area (Å²) in [6.07, 6.45) is -5.44. The molecule has 1 atom stereocenters. The van der Waals surface area contributed by atoms with E-state index in [1.807, 2.05) is 0 Å². The number of amides is 1. The molecule has 1 aliphatic heterocycles. The smallest absolute Gasteiger partial charge is 0.390 e. The van der Waals surface area contributed by atoms with Crippen LogP contribution >= 0.6 is 0 Å². The van der Waals surface area contributed by atoms with Crippen LogP contribution < -0.4 is 0 Å². The molecule has 0 radical (unpaired) electrons. The molecule has 2 rings (SSSR count). The lowest BCUT2D eigenvalue weighted by Crippen LogP contribution is -2.56. The second-order valence-electron chi connectivity index (χ2n) is 4.85. The van der Waals surface area contributed by atoms with Crippen LogP contribution in [0.4, 0.5) is 19.1 Å². The van der Waals surface area contributed by atoms with E-state index in [1.165, 1.54) is 6.92 Å². The maximum Gasteiger partial charge on any atom is 0.490 e. The summed E-state index contributed by atoms with van der Waals surface area (Å²) in [5, 5.41) is 27.0. The van der Waals surface area contributed by atoms with E-state index in [-0.39, 0.29) is 17.3 Å². The van der Waals surface area contributed by atoms with Gasteiger partial charge in [0.25, 0.3) is 5.72 Å². The molecule has 23 heavy (non-hydrogen) atoms. The number of carbonyl (C=O) groups excluding carboxylic acids is 1. The maximum atomic E-state index is 13.0. The Morgan fingerprint density at radius 1 is 1.57 bits per heavy atom. The van der Waals surface area contributed by atoms with Crippen LogP contribution in [0.15, 0.2) is 11.4 Å². The molecule has 0 aromatic carbocycles. The molecular formula is C10H11F3N6O4. The number of hydrogen-bond donors (Lipinski definition) is 1. The first-order chi connectivity index (χ1) is 10.5. The minimum Gasteiger partial charge on any atom is -0.390 e. The van der Waals surface area contributed by atoms with E-state index in [2.05, 4.69) is 15.2 Å². The van der Waals surface area contributed by atoms with Crippen molar-refractivity contribution in [2.24, 2.45) is 5.10 Å². The van der Waals surface area contributed by atoms with Crippen LogP contribution in [0.5, 0.6) is 0 Å². The van der Waals surface area contributed by atoms with Crippen molar-refractivity contribution in [3.8, 4) is 0 Å². The normalized spacial score (nSPS) is 21.4. The van der Waals surface area contributed by atoms with Crippen LogP contribution in [0.2, 0.25) is 0 Å². The fourth-order valence-corrected chi connectivity index (χ4v) is 2.00. The molecule has 0 aliphatic carbocycles. The number of halogens is 3. The van der Waals surface area contributed by atoms with Crippen LogP contribution in [-0.4, -0.2) is 53.3 Å². The number of alkyl halides is 3. The zero-order chi connectivity index (χ0) is 17.4. The summed E-state index contributed by atoms with van der Waals surface area (Å²) in [6.45, 7) is 1.00. The summed E-state index contributed by atoms with van der Waals surface area (Å²) >= 11 is 0. The van der Waals surface area contributed by atoms with E-state index in [9.17, 15) is 33.2 Å². The number of hydrogen-bond acceptors (Lipinski definition) is 7. The predicted octanol–water partition coefficient (Wildman–Crippen LogP) is 0.436. The number of rotatable bonds is 4. The lowest BCUT2D eigenvalue weighted by atomic mass is 10.1. The van der Waals surface area contributed by atoms with Crippen molar-refractivity contribution in [3.63, 3.8) is 0 Å². The van der Waals surface area contributed by atoms with Crippen molar-refractivity contribution in [3.05, 3.63) is 16.4 Å². The highest BCUT2D eigenvalue weighted by Crippen LogP contribution is 2.40. The van der Waals surface area contributed by atoms with Crippen LogP contribution in [0, 0.1) is 10.1 Å². The maximum absolute atomic E-state index is 13.0. The highest BCUT2D eigenvalue weighted by atomic mass is 19.4. The number of aliphatic hydroxyl groups is 1. The molecule has 1 N–H and O–H groups in total. The lowest BCUT2D eigenvalue weighted by Gasteiger charge is -2.32. The van der Waals surface area contributed by atoms with E-state index in [4.69, 9.17) is 0 Å². The molecule has 0 bridgehead atoms. The minimum absolute atomic E-state index is 0.00628.